The molecule has 10 rings (SSSR count). The van der Waals surface area contributed by atoms with Crippen LogP contribution in [0.4, 0.5) is 0 Å². The summed E-state index contributed by atoms with van der Waals surface area (Å²) in [6.07, 6.45) is 6.30. The lowest BCUT2D eigenvalue weighted by Gasteiger charge is -2.47. The van der Waals surface area contributed by atoms with Crippen LogP contribution < -0.4 is 0 Å². The topological polar surface area (TPSA) is 120 Å². The zero-order valence-electron chi connectivity index (χ0n) is 29.7. The molecule has 0 aromatic heterocycles. The number of aliphatic hydroxyl groups is 1. The van der Waals surface area contributed by atoms with Gasteiger partial charge in [0.25, 0.3) is 0 Å². The molecule has 1 spiro atoms. The summed E-state index contributed by atoms with van der Waals surface area (Å²) in [5.41, 5.74) is 2.23. The molecule has 0 aliphatic carbocycles. The fourth-order valence-electron chi connectivity index (χ4n) is 11.1. The molecule has 278 valence electrons. The van der Waals surface area contributed by atoms with Gasteiger partial charge in [-0.15, -0.1) is 0 Å². The first-order valence-corrected chi connectivity index (χ1v) is 19.5. The van der Waals surface area contributed by atoms with Crippen LogP contribution in [0.3, 0.4) is 0 Å². The average molecular weight is 701 g/mol. The van der Waals surface area contributed by atoms with Crippen molar-refractivity contribution in [3.05, 3.63) is 24.3 Å². The Labute approximate surface area is 295 Å². The van der Waals surface area contributed by atoms with Crippen LogP contribution in [0, 0.1) is 11.8 Å². The number of hydrogen-bond acceptors (Lipinski definition) is 11. The molecule has 1 N–H and O–H groups in total. The van der Waals surface area contributed by atoms with Crippen LogP contribution in [0.1, 0.15) is 90.4 Å². The first-order valence-electron chi connectivity index (χ1n) is 19.5. The number of methoxy groups -OCH3 is 1. The van der Waals surface area contributed by atoms with Crippen LogP contribution in [0.15, 0.2) is 24.3 Å². The zero-order valence-corrected chi connectivity index (χ0v) is 29.7. The van der Waals surface area contributed by atoms with Crippen molar-refractivity contribution in [3.63, 3.8) is 0 Å². The summed E-state index contributed by atoms with van der Waals surface area (Å²) in [6, 6.07) is 0. The Balaban J connectivity index is 0.994. The predicted molar refractivity (Wildman–Crippen MR) is 178 cm³/mol. The number of ether oxygens (including phenoxy) is 9. The van der Waals surface area contributed by atoms with Gasteiger partial charge in [-0.05, 0) is 68.4 Å². The summed E-state index contributed by atoms with van der Waals surface area (Å²) < 4.78 is 59.8. The van der Waals surface area contributed by atoms with E-state index in [0.717, 1.165) is 56.1 Å². The van der Waals surface area contributed by atoms with E-state index in [4.69, 9.17) is 42.6 Å². The fourth-order valence-corrected chi connectivity index (χ4v) is 11.1. The number of hydrogen-bond donors (Lipinski definition) is 1. The second-order valence-corrected chi connectivity index (χ2v) is 16.8. The van der Waals surface area contributed by atoms with E-state index in [1.54, 1.807) is 7.11 Å². The Bertz CT molecular complexity index is 1320. The van der Waals surface area contributed by atoms with Crippen molar-refractivity contribution < 1.29 is 52.5 Å². The van der Waals surface area contributed by atoms with Crippen molar-refractivity contribution in [3.8, 4) is 0 Å². The molecular weight excluding hydrogens is 644 g/mol. The van der Waals surface area contributed by atoms with Crippen LogP contribution in [0.25, 0.3) is 0 Å². The maximum atomic E-state index is 14.0. The van der Waals surface area contributed by atoms with Gasteiger partial charge in [-0.1, -0.05) is 20.1 Å². The van der Waals surface area contributed by atoms with Gasteiger partial charge in [0.1, 0.15) is 36.3 Å². The molecule has 10 saturated heterocycles. The summed E-state index contributed by atoms with van der Waals surface area (Å²) in [5.74, 6) is -0.512. The van der Waals surface area contributed by atoms with Crippen LogP contribution in [-0.4, -0.2) is 122 Å². The van der Waals surface area contributed by atoms with Crippen molar-refractivity contribution >= 4 is 5.78 Å². The first-order chi connectivity index (χ1) is 24.2. The van der Waals surface area contributed by atoms with Gasteiger partial charge in [-0.2, -0.15) is 0 Å². The van der Waals surface area contributed by atoms with E-state index >= 15 is 0 Å². The van der Waals surface area contributed by atoms with E-state index in [-0.39, 0.29) is 110 Å². The molecule has 10 aliphatic heterocycles. The smallest absolute Gasteiger partial charge is 0.172 e. The van der Waals surface area contributed by atoms with Crippen LogP contribution in [0.5, 0.6) is 0 Å². The van der Waals surface area contributed by atoms with E-state index in [1.807, 2.05) is 0 Å². The normalized spacial score (nSPS) is 53.3. The molecular formula is C39H56O11. The number of aliphatic hydroxyl groups excluding tert-OH is 1. The Hall–Kier alpha value is -1.25. The van der Waals surface area contributed by atoms with Crippen LogP contribution in [0.2, 0.25) is 0 Å². The third kappa shape index (κ3) is 6.09. The lowest BCUT2D eigenvalue weighted by atomic mass is 9.81. The quantitative estimate of drug-likeness (QED) is 0.429. The van der Waals surface area contributed by atoms with Gasteiger partial charge in [0.15, 0.2) is 5.79 Å². The molecule has 0 aromatic carbocycles. The number of rotatable bonds is 3. The van der Waals surface area contributed by atoms with Gasteiger partial charge >= 0.3 is 0 Å². The Morgan fingerprint density at radius 3 is 2.36 bits per heavy atom. The van der Waals surface area contributed by atoms with Gasteiger partial charge in [-0.25, -0.2) is 0 Å². The summed E-state index contributed by atoms with van der Waals surface area (Å²) in [5, 5.41) is 9.87. The molecule has 12 bridgehead atoms. The van der Waals surface area contributed by atoms with Gasteiger partial charge in [0.05, 0.1) is 61.0 Å². The Morgan fingerprint density at radius 1 is 0.760 bits per heavy atom. The number of ketones is 1. The largest absolute Gasteiger partial charge is 0.396 e. The molecule has 11 nitrogen and oxygen atoms in total. The third-order valence-corrected chi connectivity index (χ3v) is 13.6. The van der Waals surface area contributed by atoms with Gasteiger partial charge < -0.3 is 47.7 Å². The van der Waals surface area contributed by atoms with Crippen LogP contribution in [-0.2, 0) is 47.4 Å². The standard InChI is InChI=1S/C39H56O11/c1-19-13-23-5-7-27-20(2)14-25(43-27)9-11-39-18-32-35(49-39)36-37(48-32)38(50-39)34-28(47-36)8-6-24(45-34)15-22(41)16-26-31(17-30(44-23)21(19)3)46-29(10-12-40)33(26)42-4/h19,23-38,40H,2-3,5-18H2,1,4H3/t19-,23+,24?,25+,26+,27?,28+,29?,30?,31+,32+,33-,34+,35+,36+,37-,38+,39+/m1/s1. The first kappa shape index (κ1) is 34.5. The van der Waals surface area contributed by atoms with E-state index in [0.29, 0.717) is 44.4 Å². The lowest BCUT2D eigenvalue weighted by molar-refractivity contribution is -0.292. The summed E-state index contributed by atoms with van der Waals surface area (Å²) in [6.45, 7) is 11.1. The average Bonchev–Trinajstić information content (AvgIpc) is 3.76. The molecule has 10 heterocycles. The molecule has 0 saturated carbocycles. The molecule has 10 aliphatic rings. The zero-order chi connectivity index (χ0) is 34.3. The monoisotopic (exact) mass is 700 g/mol. The molecule has 0 radical (unpaired) electrons. The summed E-state index contributed by atoms with van der Waals surface area (Å²) in [4.78, 5) is 14.0. The minimum Gasteiger partial charge on any atom is -0.396 e. The molecule has 11 heteroatoms. The molecule has 10 fully saturated rings. The summed E-state index contributed by atoms with van der Waals surface area (Å²) in [7, 11) is 1.68. The molecule has 50 heavy (non-hydrogen) atoms. The Kier molecular flexibility index (Phi) is 9.36. The lowest BCUT2D eigenvalue weighted by Crippen LogP contribution is -2.61. The van der Waals surface area contributed by atoms with Gasteiger partial charge in [0, 0.05) is 51.7 Å². The molecule has 0 amide bonds. The van der Waals surface area contributed by atoms with E-state index in [1.165, 1.54) is 0 Å². The van der Waals surface area contributed by atoms with Crippen molar-refractivity contribution in [2.24, 2.45) is 11.8 Å². The number of carbonyl (C=O) groups is 1. The predicted octanol–water partition coefficient (Wildman–Crippen LogP) is 4.11. The highest BCUT2D eigenvalue weighted by atomic mass is 16.8. The van der Waals surface area contributed by atoms with Crippen molar-refractivity contribution in [1.29, 1.82) is 0 Å². The number of fused-ring (bicyclic) bond motifs is 6. The highest BCUT2D eigenvalue weighted by Crippen LogP contribution is 2.54. The Morgan fingerprint density at radius 2 is 1.52 bits per heavy atom. The number of carbonyl (C=O) groups excluding carboxylic acids is 1. The van der Waals surface area contributed by atoms with Crippen molar-refractivity contribution in [2.45, 2.75) is 188 Å². The second kappa shape index (κ2) is 13.6. The summed E-state index contributed by atoms with van der Waals surface area (Å²) >= 11 is 0. The highest BCUT2D eigenvalue weighted by molar-refractivity contribution is 5.79. The highest BCUT2D eigenvalue weighted by Gasteiger charge is 2.68. The maximum Gasteiger partial charge on any atom is 0.172 e. The fraction of sp³-hybridized carbons (Fsp3) is 0.872. The van der Waals surface area contributed by atoms with E-state index in [2.05, 4.69) is 20.1 Å². The third-order valence-electron chi connectivity index (χ3n) is 13.6. The van der Waals surface area contributed by atoms with Gasteiger partial charge in [-0.3, -0.25) is 4.79 Å². The maximum absolute atomic E-state index is 14.0. The van der Waals surface area contributed by atoms with E-state index in [9.17, 15) is 9.90 Å². The van der Waals surface area contributed by atoms with E-state index < -0.39 is 5.79 Å². The van der Waals surface area contributed by atoms with Crippen LogP contribution >= 0.6 is 0 Å². The molecule has 0 aromatic rings. The SMILES string of the molecule is C=C1C[C@@H]2CC[C@@]34C[C@@H]5O[C@@H]6[C@@H](O[C@H]7CCC(CC(=O)C[C@H]8[C@H](CC9O[C@@H](CCC1O2)C[C@@H](C)C9=C)OC(CCO)[C@@H]8OC)O[C@@H]7[C@@H]6O3)[C@H]5O4. The minimum absolute atomic E-state index is 0.00233. The molecule has 18 atom stereocenters. The second-order valence-electron chi connectivity index (χ2n) is 16.8. The number of Topliss-reactive ketones (excluding diaryl/α,β-unsaturated/α-hetero) is 1. The van der Waals surface area contributed by atoms with Crippen molar-refractivity contribution in [2.75, 3.05) is 13.7 Å². The molecule has 4 unspecified atom stereocenters. The van der Waals surface area contributed by atoms with Crippen molar-refractivity contribution in [1.82, 2.24) is 0 Å². The van der Waals surface area contributed by atoms with Gasteiger partial charge in [0.2, 0.25) is 0 Å². The minimum atomic E-state index is -0.769.